The van der Waals surface area contributed by atoms with Crippen molar-refractivity contribution in [2.45, 2.75) is 18.8 Å². The van der Waals surface area contributed by atoms with Gasteiger partial charge < -0.3 is 20.1 Å². The normalized spacial score (nSPS) is 14.1. The molecule has 0 saturated carbocycles. The molecule has 0 spiro atoms. The van der Waals surface area contributed by atoms with Gasteiger partial charge >= 0.3 is 0 Å². The van der Waals surface area contributed by atoms with Crippen LogP contribution in [-0.2, 0) is 11.3 Å². The summed E-state index contributed by atoms with van der Waals surface area (Å²) in [5.74, 6) is 0. The molecule has 2 atom stereocenters. The van der Waals surface area contributed by atoms with Crippen LogP contribution in [-0.4, -0.2) is 49.9 Å². The highest BCUT2D eigenvalue weighted by Crippen LogP contribution is 2.16. The summed E-state index contributed by atoms with van der Waals surface area (Å²) in [5.41, 5.74) is 1.27. The minimum Gasteiger partial charge on any atom is -0.389 e. The standard InChI is InChI=1S/C18H26N2O2S/c1-20(2)18(15-7-4-3-5-8-15)12-19-11-16(21)13-22-14-17-9-6-10-23-17/h3-10,16,18-19,21H,11-14H2,1-2H3/t16-,18-/m1/s1. The van der Waals surface area contributed by atoms with E-state index in [1.165, 1.54) is 10.4 Å². The van der Waals surface area contributed by atoms with E-state index in [0.29, 0.717) is 19.8 Å². The Kier molecular flexibility index (Phi) is 7.71. The van der Waals surface area contributed by atoms with Crippen LogP contribution >= 0.6 is 11.3 Å². The van der Waals surface area contributed by atoms with Crippen molar-refractivity contribution < 1.29 is 9.84 Å². The van der Waals surface area contributed by atoms with Crippen LogP contribution in [0, 0.1) is 0 Å². The third kappa shape index (κ3) is 6.41. The van der Waals surface area contributed by atoms with Gasteiger partial charge in [-0.05, 0) is 31.1 Å². The summed E-state index contributed by atoms with van der Waals surface area (Å²) in [6.45, 7) is 2.24. The fourth-order valence-electron chi connectivity index (χ4n) is 2.41. The Balaban J connectivity index is 1.67. The first-order chi connectivity index (χ1) is 11.2. The number of benzene rings is 1. The van der Waals surface area contributed by atoms with Crippen LogP contribution in [0.3, 0.4) is 0 Å². The van der Waals surface area contributed by atoms with Gasteiger partial charge in [0.2, 0.25) is 0 Å². The third-order valence-corrected chi connectivity index (χ3v) is 4.51. The van der Waals surface area contributed by atoms with Gasteiger partial charge in [0, 0.05) is 24.0 Å². The fourth-order valence-corrected chi connectivity index (χ4v) is 3.05. The topological polar surface area (TPSA) is 44.7 Å². The highest BCUT2D eigenvalue weighted by molar-refractivity contribution is 7.09. The number of nitrogens with zero attached hydrogens (tertiary/aromatic N) is 1. The van der Waals surface area contributed by atoms with Crippen LogP contribution in [0.2, 0.25) is 0 Å². The van der Waals surface area contributed by atoms with Crippen LogP contribution in [0.1, 0.15) is 16.5 Å². The highest BCUT2D eigenvalue weighted by Gasteiger charge is 2.14. The Bertz CT molecular complexity index is 531. The number of aliphatic hydroxyl groups excluding tert-OH is 1. The van der Waals surface area contributed by atoms with Crippen molar-refractivity contribution in [2.75, 3.05) is 33.8 Å². The molecule has 0 fully saturated rings. The zero-order valence-corrected chi connectivity index (χ0v) is 14.6. The smallest absolute Gasteiger partial charge is 0.0897 e. The molecule has 2 aromatic rings. The number of hydrogen-bond acceptors (Lipinski definition) is 5. The Hall–Kier alpha value is -1.24. The molecule has 126 valence electrons. The van der Waals surface area contributed by atoms with Gasteiger partial charge in [0.1, 0.15) is 0 Å². The number of nitrogens with one attached hydrogen (secondary N) is 1. The second kappa shape index (κ2) is 9.80. The maximum atomic E-state index is 10.0. The minimum atomic E-state index is -0.492. The predicted octanol–water partition coefficient (Wildman–Crippen LogP) is 2.52. The minimum absolute atomic E-state index is 0.287. The van der Waals surface area contributed by atoms with Crippen LogP contribution in [0.25, 0.3) is 0 Å². The maximum absolute atomic E-state index is 10.0. The summed E-state index contributed by atoms with van der Waals surface area (Å²) in [7, 11) is 4.14. The summed E-state index contributed by atoms with van der Waals surface area (Å²) in [6.07, 6.45) is -0.492. The molecular formula is C18H26N2O2S. The lowest BCUT2D eigenvalue weighted by Crippen LogP contribution is -2.36. The first kappa shape index (κ1) is 18.1. The molecule has 0 bridgehead atoms. The molecule has 1 aromatic carbocycles. The van der Waals surface area contributed by atoms with Crippen LogP contribution in [0.4, 0.5) is 0 Å². The van der Waals surface area contributed by atoms with Crippen molar-refractivity contribution in [3.05, 3.63) is 58.3 Å². The van der Waals surface area contributed by atoms with Gasteiger partial charge in [-0.1, -0.05) is 36.4 Å². The Morgan fingerprint density at radius 1 is 1.13 bits per heavy atom. The van der Waals surface area contributed by atoms with Gasteiger partial charge in [0.25, 0.3) is 0 Å². The molecule has 0 radical (unpaired) electrons. The second-order valence-corrected chi connectivity index (χ2v) is 6.83. The van der Waals surface area contributed by atoms with Crippen molar-refractivity contribution in [3.8, 4) is 0 Å². The van der Waals surface area contributed by atoms with E-state index in [1.807, 2.05) is 23.6 Å². The summed E-state index contributed by atoms with van der Waals surface area (Å²) >= 11 is 1.67. The summed E-state index contributed by atoms with van der Waals surface area (Å²) in [4.78, 5) is 3.36. The molecule has 23 heavy (non-hydrogen) atoms. The lowest BCUT2D eigenvalue weighted by Gasteiger charge is -2.25. The predicted molar refractivity (Wildman–Crippen MR) is 95.7 cm³/mol. The van der Waals surface area contributed by atoms with Crippen LogP contribution in [0.15, 0.2) is 47.8 Å². The Morgan fingerprint density at radius 2 is 1.91 bits per heavy atom. The van der Waals surface area contributed by atoms with E-state index >= 15 is 0 Å². The number of ether oxygens (including phenoxy) is 1. The zero-order chi connectivity index (χ0) is 16.5. The van der Waals surface area contributed by atoms with Gasteiger partial charge in [-0.3, -0.25) is 0 Å². The zero-order valence-electron chi connectivity index (χ0n) is 13.8. The molecule has 0 unspecified atom stereocenters. The maximum Gasteiger partial charge on any atom is 0.0897 e. The van der Waals surface area contributed by atoms with E-state index in [0.717, 1.165) is 6.54 Å². The Morgan fingerprint density at radius 3 is 2.57 bits per heavy atom. The summed E-state index contributed by atoms with van der Waals surface area (Å²) in [6, 6.07) is 14.7. The lowest BCUT2D eigenvalue weighted by atomic mass is 10.1. The van der Waals surface area contributed by atoms with Crippen molar-refractivity contribution in [1.82, 2.24) is 10.2 Å². The number of aliphatic hydroxyl groups is 1. The first-order valence-corrected chi connectivity index (χ1v) is 8.75. The molecular weight excluding hydrogens is 308 g/mol. The average molecular weight is 334 g/mol. The van der Waals surface area contributed by atoms with Crippen molar-refractivity contribution in [3.63, 3.8) is 0 Å². The van der Waals surface area contributed by atoms with Gasteiger partial charge in [-0.25, -0.2) is 0 Å². The molecule has 0 aliphatic rings. The molecule has 0 aliphatic heterocycles. The SMILES string of the molecule is CN(C)[C@H](CNC[C@@H](O)COCc1cccs1)c1ccccc1. The van der Waals surface area contributed by atoms with E-state index in [2.05, 4.69) is 48.6 Å². The van der Waals surface area contributed by atoms with E-state index in [-0.39, 0.29) is 6.04 Å². The van der Waals surface area contributed by atoms with Crippen LogP contribution < -0.4 is 5.32 Å². The number of thiophene rings is 1. The number of hydrogen-bond donors (Lipinski definition) is 2. The monoisotopic (exact) mass is 334 g/mol. The van der Waals surface area contributed by atoms with Gasteiger partial charge in [0.15, 0.2) is 0 Å². The van der Waals surface area contributed by atoms with E-state index < -0.39 is 6.10 Å². The van der Waals surface area contributed by atoms with E-state index in [4.69, 9.17) is 4.74 Å². The third-order valence-electron chi connectivity index (χ3n) is 3.66. The molecule has 1 heterocycles. The number of rotatable bonds is 10. The van der Waals surface area contributed by atoms with Crippen molar-refractivity contribution >= 4 is 11.3 Å². The molecule has 2 rings (SSSR count). The molecule has 0 aliphatic carbocycles. The molecule has 1 aromatic heterocycles. The van der Waals surface area contributed by atoms with Gasteiger partial charge in [0.05, 0.1) is 19.3 Å². The molecule has 4 nitrogen and oxygen atoms in total. The van der Waals surface area contributed by atoms with E-state index in [9.17, 15) is 5.11 Å². The molecule has 2 N–H and O–H groups in total. The highest BCUT2D eigenvalue weighted by atomic mass is 32.1. The largest absolute Gasteiger partial charge is 0.389 e. The Labute approximate surface area is 142 Å². The molecule has 5 heteroatoms. The summed E-state index contributed by atoms with van der Waals surface area (Å²) < 4.78 is 5.54. The fraction of sp³-hybridized carbons (Fsp3) is 0.444. The van der Waals surface area contributed by atoms with E-state index in [1.54, 1.807) is 11.3 Å². The van der Waals surface area contributed by atoms with Crippen molar-refractivity contribution in [1.29, 1.82) is 0 Å². The van der Waals surface area contributed by atoms with Crippen LogP contribution in [0.5, 0.6) is 0 Å². The molecule has 0 amide bonds. The van der Waals surface area contributed by atoms with Gasteiger partial charge in [-0.2, -0.15) is 0 Å². The quantitative estimate of drug-likeness (QED) is 0.701. The number of likely N-dealkylation sites (N-methyl/N-ethyl adjacent to an activating group) is 1. The lowest BCUT2D eigenvalue weighted by molar-refractivity contribution is 0.0292. The van der Waals surface area contributed by atoms with Crippen molar-refractivity contribution in [2.24, 2.45) is 0 Å². The second-order valence-electron chi connectivity index (χ2n) is 5.80. The summed E-state index contributed by atoms with van der Waals surface area (Å²) in [5, 5.41) is 15.4. The first-order valence-electron chi connectivity index (χ1n) is 7.87. The van der Waals surface area contributed by atoms with Gasteiger partial charge in [-0.15, -0.1) is 11.3 Å². The molecule has 0 saturated heterocycles. The average Bonchev–Trinajstić information content (AvgIpc) is 3.05.